The lowest BCUT2D eigenvalue weighted by atomic mass is 10.2. The smallest absolute Gasteiger partial charge is 0.124 e. The molecule has 1 aliphatic heterocycles. The highest BCUT2D eigenvalue weighted by atomic mass is 35.5. The lowest BCUT2D eigenvalue weighted by Crippen LogP contribution is -2.21. The predicted octanol–water partition coefficient (Wildman–Crippen LogP) is 3.93. The van der Waals surface area contributed by atoms with Gasteiger partial charge < -0.3 is 4.57 Å². The van der Waals surface area contributed by atoms with Gasteiger partial charge in [-0.2, -0.15) is 23.5 Å². The van der Waals surface area contributed by atoms with Crippen LogP contribution < -0.4 is 0 Å². The molecule has 0 saturated carbocycles. The van der Waals surface area contributed by atoms with E-state index in [-0.39, 0.29) is 0 Å². The molecule has 1 atom stereocenters. The molecule has 102 valence electrons. The number of rotatable bonds is 3. The third-order valence-electron chi connectivity index (χ3n) is 3.44. The van der Waals surface area contributed by atoms with E-state index in [4.69, 9.17) is 11.6 Å². The SMILES string of the molecule is Cc1cccc2nc(CCl)n(CC3CSCCS3)c12. The summed E-state index contributed by atoms with van der Waals surface area (Å²) < 4.78 is 2.33. The molecule has 5 heteroatoms. The van der Waals surface area contributed by atoms with Gasteiger partial charge >= 0.3 is 0 Å². The van der Waals surface area contributed by atoms with Gasteiger partial charge in [-0.15, -0.1) is 11.6 Å². The number of aromatic nitrogens is 2. The summed E-state index contributed by atoms with van der Waals surface area (Å²) in [5, 5.41) is 0.678. The van der Waals surface area contributed by atoms with Crippen LogP contribution in [0.1, 0.15) is 11.4 Å². The summed E-state index contributed by atoms with van der Waals surface area (Å²) in [5.41, 5.74) is 3.62. The minimum absolute atomic E-state index is 0.485. The van der Waals surface area contributed by atoms with E-state index in [9.17, 15) is 0 Å². The van der Waals surface area contributed by atoms with Crippen molar-refractivity contribution in [2.45, 2.75) is 24.6 Å². The van der Waals surface area contributed by atoms with Crippen molar-refractivity contribution >= 4 is 46.2 Å². The van der Waals surface area contributed by atoms with Crippen LogP contribution in [0.2, 0.25) is 0 Å². The number of nitrogens with zero attached hydrogens (tertiary/aromatic N) is 2. The molecule has 1 aliphatic rings. The third kappa shape index (κ3) is 2.76. The van der Waals surface area contributed by atoms with Crippen molar-refractivity contribution in [3.63, 3.8) is 0 Å². The van der Waals surface area contributed by atoms with Gasteiger partial charge in [0, 0.05) is 29.1 Å². The minimum Gasteiger partial charge on any atom is -0.326 e. The lowest BCUT2D eigenvalue weighted by molar-refractivity contribution is 0.686. The third-order valence-corrected chi connectivity index (χ3v) is 6.50. The number of benzene rings is 1. The molecule has 2 nitrogen and oxygen atoms in total. The number of para-hydroxylation sites is 1. The number of fused-ring (bicyclic) bond motifs is 1. The van der Waals surface area contributed by atoms with Crippen LogP contribution in [0.5, 0.6) is 0 Å². The van der Waals surface area contributed by atoms with Crippen LogP contribution in [-0.2, 0) is 12.4 Å². The van der Waals surface area contributed by atoms with E-state index >= 15 is 0 Å². The number of alkyl halides is 1. The molecule has 0 spiro atoms. The van der Waals surface area contributed by atoms with Crippen LogP contribution in [0.4, 0.5) is 0 Å². The van der Waals surface area contributed by atoms with Crippen LogP contribution in [0, 0.1) is 6.92 Å². The fraction of sp³-hybridized carbons (Fsp3) is 0.500. The van der Waals surface area contributed by atoms with Crippen LogP contribution in [0.3, 0.4) is 0 Å². The molecule has 0 aliphatic carbocycles. The highest BCUT2D eigenvalue weighted by Crippen LogP contribution is 2.28. The summed E-state index contributed by atoms with van der Waals surface area (Å²) >= 11 is 10.2. The number of halogens is 1. The molecule has 1 saturated heterocycles. The number of aryl methyl sites for hydroxylation is 1. The Hall–Kier alpha value is -0.320. The van der Waals surface area contributed by atoms with Gasteiger partial charge in [-0.1, -0.05) is 12.1 Å². The van der Waals surface area contributed by atoms with E-state index in [0.717, 1.165) is 17.9 Å². The average Bonchev–Trinajstić information content (AvgIpc) is 2.79. The number of hydrogen-bond acceptors (Lipinski definition) is 3. The summed E-state index contributed by atoms with van der Waals surface area (Å²) in [7, 11) is 0. The molecule has 0 bridgehead atoms. The first-order chi connectivity index (χ1) is 9.29. The van der Waals surface area contributed by atoms with Crippen LogP contribution in [0.25, 0.3) is 11.0 Å². The molecule has 1 aromatic carbocycles. The molecular formula is C14H17ClN2S2. The summed E-state index contributed by atoms with van der Waals surface area (Å²) in [6.45, 7) is 3.18. The largest absolute Gasteiger partial charge is 0.326 e. The van der Waals surface area contributed by atoms with Gasteiger partial charge in [0.05, 0.1) is 16.9 Å². The standard InChI is InChI=1S/C14H17ClN2S2/c1-10-3-2-4-12-14(10)17(13(7-15)16-12)8-11-9-18-5-6-19-11/h2-4,11H,5-9H2,1H3. The summed E-state index contributed by atoms with van der Waals surface area (Å²) in [6, 6.07) is 6.30. The number of imidazole rings is 1. The number of hydrogen-bond donors (Lipinski definition) is 0. The Morgan fingerprint density at radius 3 is 3.05 bits per heavy atom. The minimum atomic E-state index is 0.485. The molecule has 19 heavy (non-hydrogen) atoms. The van der Waals surface area contributed by atoms with Gasteiger partial charge in [-0.05, 0) is 18.6 Å². The first kappa shape index (κ1) is 13.7. The van der Waals surface area contributed by atoms with E-state index in [0.29, 0.717) is 11.1 Å². The van der Waals surface area contributed by atoms with Crippen molar-refractivity contribution < 1.29 is 0 Å². The maximum absolute atomic E-state index is 6.08. The summed E-state index contributed by atoms with van der Waals surface area (Å²) in [6.07, 6.45) is 0. The van der Waals surface area contributed by atoms with Crippen molar-refractivity contribution in [3.8, 4) is 0 Å². The van der Waals surface area contributed by atoms with E-state index in [1.165, 1.54) is 28.3 Å². The summed E-state index contributed by atoms with van der Waals surface area (Å²) in [4.78, 5) is 4.67. The first-order valence-corrected chi connectivity index (χ1v) is 9.23. The topological polar surface area (TPSA) is 17.8 Å². The Balaban J connectivity index is 2.00. The zero-order chi connectivity index (χ0) is 13.2. The fourth-order valence-electron chi connectivity index (χ4n) is 2.56. The maximum atomic E-state index is 6.08. The van der Waals surface area contributed by atoms with Gasteiger partial charge in [0.1, 0.15) is 5.82 Å². The Labute approximate surface area is 127 Å². The highest BCUT2D eigenvalue weighted by Gasteiger charge is 2.19. The molecule has 0 amide bonds. The van der Waals surface area contributed by atoms with Gasteiger partial charge in [0.25, 0.3) is 0 Å². The van der Waals surface area contributed by atoms with Crippen molar-refractivity contribution in [1.82, 2.24) is 9.55 Å². The molecule has 1 fully saturated rings. The Kier molecular flexibility index (Phi) is 4.30. The zero-order valence-corrected chi connectivity index (χ0v) is 13.3. The van der Waals surface area contributed by atoms with Crippen molar-refractivity contribution in [3.05, 3.63) is 29.6 Å². The van der Waals surface area contributed by atoms with Gasteiger partial charge in [0.15, 0.2) is 0 Å². The second-order valence-electron chi connectivity index (χ2n) is 4.78. The van der Waals surface area contributed by atoms with Gasteiger partial charge in [-0.25, -0.2) is 4.98 Å². The highest BCUT2D eigenvalue weighted by molar-refractivity contribution is 8.06. The average molecular weight is 313 g/mol. The quantitative estimate of drug-likeness (QED) is 0.800. The molecule has 2 heterocycles. The maximum Gasteiger partial charge on any atom is 0.124 e. The van der Waals surface area contributed by atoms with Crippen molar-refractivity contribution in [2.75, 3.05) is 17.3 Å². The van der Waals surface area contributed by atoms with Crippen LogP contribution in [0.15, 0.2) is 18.2 Å². The fourth-order valence-corrected chi connectivity index (χ4v) is 5.41. The van der Waals surface area contributed by atoms with E-state index in [1.807, 2.05) is 0 Å². The molecule has 3 rings (SSSR count). The van der Waals surface area contributed by atoms with Crippen LogP contribution in [-0.4, -0.2) is 32.1 Å². The zero-order valence-electron chi connectivity index (χ0n) is 10.9. The Morgan fingerprint density at radius 1 is 1.42 bits per heavy atom. The Bertz CT molecular complexity index is 576. The van der Waals surface area contributed by atoms with E-state index in [2.05, 4.69) is 58.2 Å². The normalized spacial score (nSPS) is 20.0. The second-order valence-corrected chi connectivity index (χ2v) is 7.61. The molecule has 0 radical (unpaired) electrons. The van der Waals surface area contributed by atoms with E-state index in [1.54, 1.807) is 0 Å². The van der Waals surface area contributed by atoms with E-state index < -0.39 is 0 Å². The molecule has 1 unspecified atom stereocenters. The molecule has 1 aromatic heterocycles. The first-order valence-electron chi connectivity index (χ1n) is 6.49. The van der Waals surface area contributed by atoms with Crippen molar-refractivity contribution in [2.24, 2.45) is 0 Å². The van der Waals surface area contributed by atoms with Crippen molar-refractivity contribution in [1.29, 1.82) is 0 Å². The van der Waals surface area contributed by atoms with Crippen LogP contribution >= 0.6 is 35.1 Å². The Morgan fingerprint density at radius 2 is 2.32 bits per heavy atom. The number of thioether (sulfide) groups is 2. The van der Waals surface area contributed by atoms with Gasteiger partial charge in [0.2, 0.25) is 0 Å². The second kappa shape index (κ2) is 5.98. The monoisotopic (exact) mass is 312 g/mol. The molecule has 2 aromatic rings. The van der Waals surface area contributed by atoms with Gasteiger partial charge in [-0.3, -0.25) is 0 Å². The lowest BCUT2D eigenvalue weighted by Gasteiger charge is -2.22. The molecular weight excluding hydrogens is 296 g/mol. The molecule has 0 N–H and O–H groups in total. The predicted molar refractivity (Wildman–Crippen MR) is 87.6 cm³/mol. The summed E-state index contributed by atoms with van der Waals surface area (Å²) in [5.74, 6) is 5.27.